The van der Waals surface area contributed by atoms with Gasteiger partial charge in [0.25, 0.3) is 0 Å². The van der Waals surface area contributed by atoms with Crippen molar-refractivity contribution in [3.05, 3.63) is 41.6 Å². The lowest BCUT2D eigenvalue weighted by molar-refractivity contribution is 1.41. The fraction of sp³-hybridized carbons (Fsp3) is 0.111. The van der Waals surface area contributed by atoms with E-state index in [1.807, 2.05) is 24.3 Å². The van der Waals surface area contributed by atoms with Gasteiger partial charge in [0.2, 0.25) is 0 Å². The first kappa shape index (κ1) is 8.34. The fourth-order valence-corrected chi connectivity index (χ4v) is 1.43. The van der Waals surface area contributed by atoms with Crippen LogP contribution in [0.5, 0.6) is 0 Å². The first-order chi connectivity index (χ1) is 5.38. The molecule has 0 aliphatic rings. The van der Waals surface area contributed by atoms with E-state index in [9.17, 15) is 0 Å². The van der Waals surface area contributed by atoms with Crippen molar-refractivity contribution in [2.24, 2.45) is 5.73 Å². The molecule has 0 radical (unpaired) electrons. The van der Waals surface area contributed by atoms with E-state index in [0.29, 0.717) is 0 Å². The van der Waals surface area contributed by atoms with Crippen LogP contribution in [-0.2, 0) is 5.33 Å². The van der Waals surface area contributed by atoms with Crippen LogP contribution in [-0.4, -0.2) is 0 Å². The van der Waals surface area contributed by atoms with Crippen LogP contribution < -0.4 is 5.73 Å². The molecule has 0 fully saturated rings. The van der Waals surface area contributed by atoms with Gasteiger partial charge in [0.15, 0.2) is 0 Å². The second-order valence-corrected chi connectivity index (χ2v) is 2.75. The molecule has 1 rings (SSSR count). The molecule has 1 nitrogen and oxygen atoms in total. The summed E-state index contributed by atoms with van der Waals surface area (Å²) in [5.41, 5.74) is 7.72. The third-order valence-electron chi connectivity index (χ3n) is 1.47. The van der Waals surface area contributed by atoms with E-state index in [2.05, 4.69) is 22.0 Å². The van der Waals surface area contributed by atoms with Crippen LogP contribution in [0.25, 0.3) is 6.08 Å². The molecule has 0 bridgehead atoms. The van der Waals surface area contributed by atoms with Crippen LogP contribution in [0.3, 0.4) is 0 Å². The summed E-state index contributed by atoms with van der Waals surface area (Å²) < 4.78 is 0. The highest BCUT2D eigenvalue weighted by atomic mass is 79.9. The van der Waals surface area contributed by atoms with Crippen molar-refractivity contribution in [1.82, 2.24) is 0 Å². The molecular weight excluding hydrogens is 202 g/mol. The molecule has 0 atom stereocenters. The topological polar surface area (TPSA) is 26.0 Å². The molecule has 11 heavy (non-hydrogen) atoms. The Kier molecular flexibility index (Phi) is 3.17. The number of hydrogen-bond acceptors (Lipinski definition) is 1. The molecule has 0 spiro atoms. The predicted octanol–water partition coefficient (Wildman–Crippen LogP) is 2.51. The van der Waals surface area contributed by atoms with Crippen LogP contribution in [0, 0.1) is 0 Å². The molecule has 0 saturated heterocycles. The third-order valence-corrected chi connectivity index (χ3v) is 2.08. The zero-order valence-corrected chi connectivity index (χ0v) is 7.71. The van der Waals surface area contributed by atoms with E-state index in [0.717, 1.165) is 5.33 Å². The van der Waals surface area contributed by atoms with E-state index in [-0.39, 0.29) is 0 Å². The highest BCUT2D eigenvalue weighted by Crippen LogP contribution is 2.13. The molecule has 0 amide bonds. The fourth-order valence-electron chi connectivity index (χ4n) is 0.922. The summed E-state index contributed by atoms with van der Waals surface area (Å²) in [6.07, 6.45) is 3.46. The number of benzene rings is 1. The Labute approximate surface area is 75.0 Å². The molecule has 0 heterocycles. The Morgan fingerprint density at radius 3 is 2.73 bits per heavy atom. The van der Waals surface area contributed by atoms with Crippen LogP contribution in [0.2, 0.25) is 0 Å². The number of nitrogens with two attached hydrogens (primary N) is 1. The van der Waals surface area contributed by atoms with Gasteiger partial charge in [-0.05, 0) is 23.4 Å². The molecule has 58 valence electrons. The van der Waals surface area contributed by atoms with E-state index >= 15 is 0 Å². The monoisotopic (exact) mass is 211 g/mol. The maximum Gasteiger partial charge on any atom is 0.0288 e. The summed E-state index contributed by atoms with van der Waals surface area (Å²) in [6, 6.07) is 8.13. The lowest BCUT2D eigenvalue weighted by Crippen LogP contribution is -1.84. The van der Waals surface area contributed by atoms with Crippen molar-refractivity contribution in [2.75, 3.05) is 0 Å². The Hall–Kier alpha value is -0.760. The molecule has 0 saturated carbocycles. The molecule has 0 aromatic heterocycles. The molecule has 0 aliphatic heterocycles. The zero-order chi connectivity index (χ0) is 8.10. The van der Waals surface area contributed by atoms with Crippen molar-refractivity contribution in [3.63, 3.8) is 0 Å². The summed E-state index contributed by atoms with van der Waals surface area (Å²) in [5, 5.41) is 0.869. The van der Waals surface area contributed by atoms with E-state index < -0.39 is 0 Å². The van der Waals surface area contributed by atoms with Crippen molar-refractivity contribution in [2.45, 2.75) is 5.33 Å². The lowest BCUT2D eigenvalue weighted by Gasteiger charge is -1.99. The second-order valence-electron chi connectivity index (χ2n) is 2.19. The average molecular weight is 212 g/mol. The zero-order valence-electron chi connectivity index (χ0n) is 6.13. The summed E-state index contributed by atoms with van der Waals surface area (Å²) >= 11 is 3.40. The number of halogens is 1. The number of alkyl halides is 1. The van der Waals surface area contributed by atoms with Crippen molar-refractivity contribution in [1.29, 1.82) is 0 Å². The van der Waals surface area contributed by atoms with Gasteiger partial charge < -0.3 is 5.73 Å². The van der Waals surface area contributed by atoms with E-state index in [4.69, 9.17) is 5.73 Å². The van der Waals surface area contributed by atoms with Gasteiger partial charge in [0, 0.05) is 5.33 Å². The van der Waals surface area contributed by atoms with Gasteiger partial charge in [-0.25, -0.2) is 0 Å². The molecule has 2 N–H and O–H groups in total. The predicted molar refractivity (Wildman–Crippen MR) is 52.3 cm³/mol. The van der Waals surface area contributed by atoms with Gasteiger partial charge in [-0.2, -0.15) is 0 Å². The minimum Gasteiger partial charge on any atom is -0.405 e. The van der Waals surface area contributed by atoms with Gasteiger partial charge in [-0.1, -0.05) is 40.2 Å². The van der Waals surface area contributed by atoms with Crippen LogP contribution >= 0.6 is 15.9 Å². The Morgan fingerprint density at radius 2 is 2.09 bits per heavy atom. The summed E-state index contributed by atoms with van der Waals surface area (Å²) in [7, 11) is 0. The van der Waals surface area contributed by atoms with Gasteiger partial charge in [0.05, 0.1) is 0 Å². The molecule has 1 aromatic rings. The summed E-state index contributed by atoms with van der Waals surface area (Å²) in [5.74, 6) is 0. The number of rotatable bonds is 2. The minimum absolute atomic E-state index is 0.869. The van der Waals surface area contributed by atoms with Crippen LogP contribution in [0.4, 0.5) is 0 Å². The molecule has 2 heteroatoms. The van der Waals surface area contributed by atoms with Gasteiger partial charge >= 0.3 is 0 Å². The lowest BCUT2D eigenvalue weighted by atomic mass is 10.1. The molecule has 1 aromatic carbocycles. The Balaban J connectivity index is 3.02. The first-order valence-electron chi connectivity index (χ1n) is 3.40. The van der Waals surface area contributed by atoms with Crippen molar-refractivity contribution < 1.29 is 0 Å². The standard InChI is InChI=1S/C9H10BrN/c10-7-9-4-2-1-3-8(9)5-6-11/h1-6H,7,11H2/b6-5-. The van der Waals surface area contributed by atoms with Gasteiger partial charge in [0.1, 0.15) is 0 Å². The Bertz CT molecular complexity index is 255. The normalized spacial score (nSPS) is 10.6. The smallest absolute Gasteiger partial charge is 0.0288 e. The van der Waals surface area contributed by atoms with Crippen LogP contribution in [0.1, 0.15) is 11.1 Å². The summed E-state index contributed by atoms with van der Waals surface area (Å²) in [6.45, 7) is 0. The molecule has 0 unspecified atom stereocenters. The summed E-state index contributed by atoms with van der Waals surface area (Å²) in [4.78, 5) is 0. The van der Waals surface area contributed by atoms with E-state index in [1.165, 1.54) is 11.1 Å². The maximum absolute atomic E-state index is 5.29. The minimum atomic E-state index is 0.869. The Morgan fingerprint density at radius 1 is 1.36 bits per heavy atom. The first-order valence-corrected chi connectivity index (χ1v) is 4.52. The van der Waals surface area contributed by atoms with E-state index in [1.54, 1.807) is 6.20 Å². The largest absolute Gasteiger partial charge is 0.405 e. The van der Waals surface area contributed by atoms with Gasteiger partial charge in [-0.15, -0.1) is 0 Å². The van der Waals surface area contributed by atoms with Crippen molar-refractivity contribution in [3.8, 4) is 0 Å². The average Bonchev–Trinajstić information content (AvgIpc) is 2.06. The molecular formula is C9H10BrN. The highest BCUT2D eigenvalue weighted by Gasteiger charge is 1.93. The molecule has 0 aliphatic carbocycles. The highest BCUT2D eigenvalue weighted by molar-refractivity contribution is 9.08. The van der Waals surface area contributed by atoms with Crippen molar-refractivity contribution >= 4 is 22.0 Å². The van der Waals surface area contributed by atoms with Crippen LogP contribution in [0.15, 0.2) is 30.5 Å². The quantitative estimate of drug-likeness (QED) is 0.749. The maximum atomic E-state index is 5.29. The van der Waals surface area contributed by atoms with Gasteiger partial charge in [-0.3, -0.25) is 0 Å². The SMILES string of the molecule is N/C=C\c1ccccc1CBr. The number of hydrogen-bond donors (Lipinski definition) is 1. The third kappa shape index (κ3) is 2.09. The second kappa shape index (κ2) is 4.19.